The van der Waals surface area contributed by atoms with Crippen molar-refractivity contribution < 1.29 is 0 Å². The zero-order chi connectivity index (χ0) is 10.9. The minimum absolute atomic E-state index is 0.957. The Morgan fingerprint density at radius 1 is 1.20 bits per heavy atom. The van der Waals surface area contributed by atoms with Crippen molar-refractivity contribution in [1.82, 2.24) is 5.32 Å². The summed E-state index contributed by atoms with van der Waals surface area (Å²) >= 11 is 2.49. The van der Waals surface area contributed by atoms with Crippen molar-refractivity contribution in [3.8, 4) is 0 Å². The largest absolute Gasteiger partial charge is 0.319 e. The van der Waals surface area contributed by atoms with Crippen LogP contribution < -0.4 is 5.32 Å². The van der Waals surface area contributed by atoms with Gasteiger partial charge in [0, 0.05) is 0 Å². The molecule has 1 fully saturated rings. The van der Waals surface area contributed by atoms with E-state index in [-0.39, 0.29) is 0 Å². The number of nitrogens with one attached hydrogen (secondary N) is 1. The van der Waals surface area contributed by atoms with E-state index in [1.807, 2.05) is 0 Å². The van der Waals surface area contributed by atoms with Crippen molar-refractivity contribution in [1.29, 1.82) is 0 Å². The van der Waals surface area contributed by atoms with Gasteiger partial charge in [0.25, 0.3) is 0 Å². The maximum atomic E-state index is 3.39. The number of hydrogen-bond donors (Lipinski definition) is 1. The molecule has 90 valence electrons. The van der Waals surface area contributed by atoms with Gasteiger partial charge < -0.3 is 5.32 Å². The fourth-order valence-electron chi connectivity index (χ4n) is 2.87. The number of unbranched alkanes of at least 4 members (excludes halogenated alkanes) is 1. The normalized spacial score (nSPS) is 20.4. The molecule has 1 atom stereocenters. The number of hydrogen-bond acceptors (Lipinski definition) is 1. The Labute approximate surface area is 109 Å². The van der Waals surface area contributed by atoms with Crippen LogP contribution in [0.2, 0.25) is 0 Å². The molecule has 1 rings (SSSR count). The molecular weight excluding hydrogens is 297 g/mol. The Morgan fingerprint density at radius 3 is 2.53 bits per heavy atom. The molecule has 0 aromatic carbocycles. The van der Waals surface area contributed by atoms with Gasteiger partial charge in [-0.1, -0.05) is 61.1 Å². The molecule has 0 aromatic heterocycles. The highest BCUT2D eigenvalue weighted by Gasteiger charge is 2.22. The van der Waals surface area contributed by atoms with Crippen molar-refractivity contribution >= 4 is 22.6 Å². The van der Waals surface area contributed by atoms with E-state index in [1.165, 1.54) is 62.3 Å². The van der Waals surface area contributed by atoms with E-state index in [0.717, 1.165) is 11.8 Å². The molecule has 0 bridgehead atoms. The van der Waals surface area contributed by atoms with Crippen LogP contribution in [0.3, 0.4) is 0 Å². The Kier molecular flexibility index (Phi) is 8.07. The van der Waals surface area contributed by atoms with Gasteiger partial charge in [-0.3, -0.25) is 0 Å². The van der Waals surface area contributed by atoms with Crippen LogP contribution in [0.15, 0.2) is 0 Å². The third-order valence-corrected chi connectivity index (χ3v) is 4.50. The quantitative estimate of drug-likeness (QED) is 0.424. The molecule has 1 unspecified atom stereocenters. The van der Waals surface area contributed by atoms with E-state index in [1.54, 1.807) is 0 Å². The molecule has 1 nitrogen and oxygen atoms in total. The molecule has 0 aromatic rings. The SMILES string of the molecule is CNCC(CCCCI)C1CCCCC1. The van der Waals surface area contributed by atoms with Crippen LogP contribution in [-0.2, 0) is 0 Å². The van der Waals surface area contributed by atoms with Crippen molar-refractivity contribution in [2.45, 2.75) is 51.4 Å². The van der Waals surface area contributed by atoms with Crippen LogP contribution >= 0.6 is 22.6 Å². The van der Waals surface area contributed by atoms with Crippen molar-refractivity contribution in [3.63, 3.8) is 0 Å². The molecule has 2 heteroatoms. The second kappa shape index (κ2) is 8.80. The van der Waals surface area contributed by atoms with Gasteiger partial charge in [-0.2, -0.15) is 0 Å². The summed E-state index contributed by atoms with van der Waals surface area (Å²) in [5, 5.41) is 3.39. The smallest absolute Gasteiger partial charge is 0.000473 e. The summed E-state index contributed by atoms with van der Waals surface area (Å²) in [4.78, 5) is 0. The molecule has 0 amide bonds. The molecule has 1 aliphatic rings. The minimum atomic E-state index is 0.957. The Morgan fingerprint density at radius 2 is 1.93 bits per heavy atom. The van der Waals surface area contributed by atoms with Gasteiger partial charge in [0.05, 0.1) is 0 Å². The average molecular weight is 323 g/mol. The molecule has 1 N–H and O–H groups in total. The highest BCUT2D eigenvalue weighted by molar-refractivity contribution is 14.1. The predicted octanol–water partition coefficient (Wildman–Crippen LogP) is 4.01. The number of alkyl halides is 1. The molecule has 0 radical (unpaired) electrons. The lowest BCUT2D eigenvalue weighted by Crippen LogP contribution is -2.27. The Hall–Kier alpha value is 0.690. The number of rotatable bonds is 7. The highest BCUT2D eigenvalue weighted by atomic mass is 127. The monoisotopic (exact) mass is 323 g/mol. The summed E-state index contributed by atoms with van der Waals surface area (Å²) in [6, 6.07) is 0. The topological polar surface area (TPSA) is 12.0 Å². The van der Waals surface area contributed by atoms with Crippen LogP contribution in [0.4, 0.5) is 0 Å². The molecule has 0 saturated heterocycles. The van der Waals surface area contributed by atoms with Gasteiger partial charge in [-0.15, -0.1) is 0 Å². The van der Waals surface area contributed by atoms with E-state index in [0.29, 0.717) is 0 Å². The fourth-order valence-corrected chi connectivity index (χ4v) is 3.41. The molecule has 15 heavy (non-hydrogen) atoms. The summed E-state index contributed by atoms with van der Waals surface area (Å²) in [6.45, 7) is 1.24. The summed E-state index contributed by atoms with van der Waals surface area (Å²) in [7, 11) is 2.11. The van der Waals surface area contributed by atoms with Crippen molar-refractivity contribution in [3.05, 3.63) is 0 Å². The van der Waals surface area contributed by atoms with E-state index < -0.39 is 0 Å². The number of halogens is 1. The summed E-state index contributed by atoms with van der Waals surface area (Å²) in [6.07, 6.45) is 11.7. The van der Waals surface area contributed by atoms with E-state index >= 15 is 0 Å². The lowest BCUT2D eigenvalue weighted by molar-refractivity contribution is 0.229. The first-order valence-electron chi connectivity index (χ1n) is 6.59. The van der Waals surface area contributed by atoms with Gasteiger partial charge in [0.15, 0.2) is 0 Å². The Bertz CT molecular complexity index is 143. The van der Waals surface area contributed by atoms with Gasteiger partial charge in [0.2, 0.25) is 0 Å². The first-order valence-corrected chi connectivity index (χ1v) is 8.11. The average Bonchev–Trinajstić information content (AvgIpc) is 2.29. The van der Waals surface area contributed by atoms with E-state index in [4.69, 9.17) is 0 Å². The summed E-state index contributed by atoms with van der Waals surface area (Å²) < 4.78 is 1.33. The lowest BCUT2D eigenvalue weighted by atomic mass is 9.78. The maximum Gasteiger partial charge on any atom is -0.000473 e. The molecular formula is C13H26IN. The predicted molar refractivity (Wildman–Crippen MR) is 76.7 cm³/mol. The van der Waals surface area contributed by atoms with Crippen molar-refractivity contribution in [2.75, 3.05) is 18.0 Å². The molecule has 0 heterocycles. The second-order valence-corrected chi connectivity index (χ2v) is 5.98. The van der Waals surface area contributed by atoms with Crippen molar-refractivity contribution in [2.24, 2.45) is 11.8 Å². The minimum Gasteiger partial charge on any atom is -0.319 e. The molecule has 1 saturated carbocycles. The third-order valence-electron chi connectivity index (χ3n) is 3.74. The van der Waals surface area contributed by atoms with Gasteiger partial charge >= 0.3 is 0 Å². The standard InChI is InChI=1S/C13H26IN/c1-15-11-13(9-5-6-10-14)12-7-3-2-4-8-12/h12-13,15H,2-11H2,1H3. The van der Waals surface area contributed by atoms with E-state index in [2.05, 4.69) is 35.0 Å². The van der Waals surface area contributed by atoms with Crippen LogP contribution in [0.1, 0.15) is 51.4 Å². The molecule has 0 spiro atoms. The van der Waals surface area contributed by atoms with Crippen LogP contribution in [0, 0.1) is 11.8 Å². The van der Waals surface area contributed by atoms with Crippen LogP contribution in [0.25, 0.3) is 0 Å². The van der Waals surface area contributed by atoms with Gasteiger partial charge in [-0.25, -0.2) is 0 Å². The second-order valence-electron chi connectivity index (χ2n) is 4.90. The van der Waals surface area contributed by atoms with Crippen LogP contribution in [-0.4, -0.2) is 18.0 Å². The fraction of sp³-hybridized carbons (Fsp3) is 1.00. The first-order chi connectivity index (χ1) is 7.38. The third kappa shape index (κ3) is 5.53. The zero-order valence-corrected chi connectivity index (χ0v) is 12.3. The lowest BCUT2D eigenvalue weighted by Gasteiger charge is -2.30. The van der Waals surface area contributed by atoms with Gasteiger partial charge in [-0.05, 0) is 42.7 Å². The Balaban J connectivity index is 2.26. The summed E-state index contributed by atoms with van der Waals surface area (Å²) in [5.41, 5.74) is 0. The highest BCUT2D eigenvalue weighted by Crippen LogP contribution is 2.32. The zero-order valence-electron chi connectivity index (χ0n) is 10.1. The maximum absolute atomic E-state index is 3.39. The van der Waals surface area contributed by atoms with E-state index in [9.17, 15) is 0 Å². The molecule has 1 aliphatic carbocycles. The first kappa shape index (κ1) is 13.8. The molecule has 0 aliphatic heterocycles. The van der Waals surface area contributed by atoms with Gasteiger partial charge in [0.1, 0.15) is 0 Å². The van der Waals surface area contributed by atoms with Crippen LogP contribution in [0.5, 0.6) is 0 Å². The summed E-state index contributed by atoms with van der Waals surface area (Å²) in [5.74, 6) is 1.98.